The second-order valence-corrected chi connectivity index (χ2v) is 6.35. The van der Waals surface area contributed by atoms with Crippen molar-refractivity contribution in [1.29, 1.82) is 0 Å². The van der Waals surface area contributed by atoms with E-state index < -0.39 is 17.2 Å². The van der Waals surface area contributed by atoms with Crippen molar-refractivity contribution in [2.75, 3.05) is 11.9 Å². The largest absolute Gasteiger partial charge is 0.382 e. The van der Waals surface area contributed by atoms with E-state index in [1.165, 1.54) is 11.1 Å². The molecular formula is C16H12ClF2N3OS. The van der Waals surface area contributed by atoms with Gasteiger partial charge in [0.1, 0.15) is 16.5 Å². The maximum absolute atomic E-state index is 13.8. The molecule has 0 aliphatic rings. The fraction of sp³-hybridized carbons (Fsp3) is 0.125. The molecule has 24 heavy (non-hydrogen) atoms. The lowest BCUT2D eigenvalue weighted by Crippen LogP contribution is -2.24. The van der Waals surface area contributed by atoms with Gasteiger partial charge in [0, 0.05) is 17.5 Å². The summed E-state index contributed by atoms with van der Waals surface area (Å²) in [5.74, 6) is -1.62. The number of rotatable bonds is 5. The standard InChI is InChI=1S/C16H12ClF2N3OS/c17-15-13(20-6-5-11-2-1-7-24-11)9-21-22(16(15)23)14-4-3-10(18)8-12(14)19/h1-4,7-9,20H,5-6H2. The van der Waals surface area contributed by atoms with E-state index in [-0.39, 0.29) is 10.7 Å². The summed E-state index contributed by atoms with van der Waals surface area (Å²) in [6.07, 6.45) is 2.13. The van der Waals surface area contributed by atoms with Crippen LogP contribution in [0.1, 0.15) is 4.88 Å². The molecule has 0 spiro atoms. The molecule has 8 heteroatoms. The number of nitrogens with zero attached hydrogens (tertiary/aromatic N) is 2. The fourth-order valence-corrected chi connectivity index (χ4v) is 3.06. The Labute approximate surface area is 145 Å². The van der Waals surface area contributed by atoms with Crippen molar-refractivity contribution in [3.8, 4) is 5.69 Å². The predicted octanol–water partition coefficient (Wildman–Crippen LogP) is 3.88. The Hall–Kier alpha value is -2.25. The quantitative estimate of drug-likeness (QED) is 0.744. The summed E-state index contributed by atoms with van der Waals surface area (Å²) in [5, 5.41) is 8.84. The molecule has 3 rings (SSSR count). The van der Waals surface area contributed by atoms with Gasteiger partial charge in [-0.2, -0.15) is 9.78 Å². The summed E-state index contributed by atoms with van der Waals surface area (Å²) in [4.78, 5) is 13.5. The van der Waals surface area contributed by atoms with Crippen molar-refractivity contribution in [3.05, 3.63) is 73.8 Å². The second-order valence-electron chi connectivity index (χ2n) is 4.94. The number of hydrogen-bond donors (Lipinski definition) is 1. The maximum Gasteiger partial charge on any atom is 0.292 e. The number of halogens is 3. The Morgan fingerprint density at radius 1 is 1.29 bits per heavy atom. The molecule has 0 unspecified atom stereocenters. The van der Waals surface area contributed by atoms with Gasteiger partial charge >= 0.3 is 0 Å². The van der Waals surface area contributed by atoms with Crippen LogP contribution < -0.4 is 10.9 Å². The Bertz CT molecular complexity index is 912. The third kappa shape index (κ3) is 3.47. The molecule has 4 nitrogen and oxygen atoms in total. The van der Waals surface area contributed by atoms with Crippen molar-refractivity contribution in [2.45, 2.75) is 6.42 Å². The average molecular weight is 368 g/mol. The lowest BCUT2D eigenvalue weighted by atomic mass is 10.3. The number of anilines is 1. The molecule has 3 aromatic rings. The summed E-state index contributed by atoms with van der Waals surface area (Å²) in [6, 6.07) is 6.85. The highest BCUT2D eigenvalue weighted by atomic mass is 35.5. The fourth-order valence-electron chi connectivity index (χ4n) is 2.16. The van der Waals surface area contributed by atoms with Gasteiger partial charge in [-0.25, -0.2) is 8.78 Å². The van der Waals surface area contributed by atoms with Gasteiger partial charge in [0.25, 0.3) is 5.56 Å². The van der Waals surface area contributed by atoms with Crippen molar-refractivity contribution < 1.29 is 8.78 Å². The molecule has 0 aliphatic carbocycles. The first-order chi connectivity index (χ1) is 11.6. The molecule has 124 valence electrons. The lowest BCUT2D eigenvalue weighted by Gasteiger charge is -2.10. The van der Waals surface area contributed by atoms with E-state index in [0.29, 0.717) is 18.3 Å². The maximum atomic E-state index is 13.8. The van der Waals surface area contributed by atoms with E-state index in [4.69, 9.17) is 11.6 Å². The summed E-state index contributed by atoms with van der Waals surface area (Å²) in [7, 11) is 0. The van der Waals surface area contributed by atoms with E-state index in [9.17, 15) is 13.6 Å². The zero-order chi connectivity index (χ0) is 17.1. The van der Waals surface area contributed by atoms with Crippen LogP contribution in [0.15, 0.2) is 46.7 Å². The highest BCUT2D eigenvalue weighted by Gasteiger charge is 2.14. The topological polar surface area (TPSA) is 46.9 Å². The second kappa shape index (κ2) is 7.11. The van der Waals surface area contributed by atoms with Gasteiger partial charge in [-0.1, -0.05) is 17.7 Å². The number of thiophene rings is 1. The zero-order valence-electron chi connectivity index (χ0n) is 12.3. The van der Waals surface area contributed by atoms with Crippen molar-refractivity contribution in [1.82, 2.24) is 9.78 Å². The van der Waals surface area contributed by atoms with Gasteiger partial charge in [0.05, 0.1) is 11.9 Å². The minimum Gasteiger partial charge on any atom is -0.382 e. The number of hydrogen-bond acceptors (Lipinski definition) is 4. The number of aromatic nitrogens is 2. The van der Waals surface area contributed by atoms with Crippen LogP contribution in [-0.4, -0.2) is 16.3 Å². The highest BCUT2D eigenvalue weighted by Crippen LogP contribution is 2.19. The Morgan fingerprint density at radius 3 is 2.83 bits per heavy atom. The number of benzene rings is 1. The molecule has 2 aromatic heterocycles. The molecule has 0 bridgehead atoms. The first-order valence-electron chi connectivity index (χ1n) is 7.06. The van der Waals surface area contributed by atoms with E-state index in [0.717, 1.165) is 23.2 Å². The molecule has 0 amide bonds. The molecule has 2 heterocycles. The SMILES string of the molecule is O=c1c(Cl)c(NCCc2cccs2)cnn1-c1ccc(F)cc1F. The van der Waals surface area contributed by atoms with Crippen LogP contribution in [0, 0.1) is 11.6 Å². The minimum absolute atomic E-state index is 0.0973. The smallest absolute Gasteiger partial charge is 0.292 e. The molecule has 0 atom stereocenters. The third-order valence-corrected chi connectivity index (χ3v) is 4.63. The van der Waals surface area contributed by atoms with Crippen LogP contribution in [-0.2, 0) is 6.42 Å². The third-order valence-electron chi connectivity index (χ3n) is 3.32. The Balaban J connectivity index is 1.82. The van der Waals surface area contributed by atoms with E-state index in [1.807, 2.05) is 17.5 Å². The van der Waals surface area contributed by atoms with E-state index in [2.05, 4.69) is 10.4 Å². The lowest BCUT2D eigenvalue weighted by molar-refractivity contribution is 0.571. The molecule has 0 radical (unpaired) electrons. The van der Waals surface area contributed by atoms with Crippen LogP contribution in [0.3, 0.4) is 0 Å². The Kier molecular flexibility index (Phi) is 4.92. The van der Waals surface area contributed by atoms with Gasteiger partial charge < -0.3 is 5.32 Å². The van der Waals surface area contributed by atoms with Crippen molar-refractivity contribution in [3.63, 3.8) is 0 Å². The van der Waals surface area contributed by atoms with Gasteiger partial charge in [0.15, 0.2) is 5.82 Å². The van der Waals surface area contributed by atoms with Crippen molar-refractivity contribution >= 4 is 28.6 Å². The normalized spacial score (nSPS) is 10.8. The van der Waals surface area contributed by atoms with Gasteiger partial charge in [-0.3, -0.25) is 4.79 Å². The van der Waals surface area contributed by atoms with Crippen molar-refractivity contribution in [2.24, 2.45) is 0 Å². The summed E-state index contributed by atoms with van der Waals surface area (Å²) >= 11 is 7.70. The number of nitrogens with one attached hydrogen (secondary N) is 1. The van der Waals surface area contributed by atoms with Crippen LogP contribution in [0.2, 0.25) is 5.02 Å². The molecule has 0 saturated carbocycles. The minimum atomic E-state index is -0.890. The molecule has 1 N–H and O–H groups in total. The summed E-state index contributed by atoms with van der Waals surface area (Å²) in [5.41, 5.74) is -0.464. The molecule has 0 fully saturated rings. The first-order valence-corrected chi connectivity index (χ1v) is 8.31. The van der Waals surface area contributed by atoms with Gasteiger partial charge in [-0.15, -0.1) is 11.3 Å². The van der Waals surface area contributed by atoms with Crippen LogP contribution in [0.5, 0.6) is 0 Å². The summed E-state index contributed by atoms with van der Waals surface area (Å²) in [6.45, 7) is 0.580. The van der Waals surface area contributed by atoms with Gasteiger partial charge in [0.2, 0.25) is 0 Å². The van der Waals surface area contributed by atoms with Gasteiger partial charge in [-0.05, 0) is 30.0 Å². The van der Waals surface area contributed by atoms with E-state index >= 15 is 0 Å². The average Bonchev–Trinajstić information content (AvgIpc) is 3.06. The van der Waals surface area contributed by atoms with E-state index in [1.54, 1.807) is 11.3 Å². The predicted molar refractivity (Wildman–Crippen MR) is 91.3 cm³/mol. The molecule has 0 saturated heterocycles. The monoisotopic (exact) mass is 367 g/mol. The van der Waals surface area contributed by atoms with Crippen LogP contribution >= 0.6 is 22.9 Å². The van der Waals surface area contributed by atoms with Crippen LogP contribution in [0.25, 0.3) is 5.69 Å². The van der Waals surface area contributed by atoms with Crippen LogP contribution in [0.4, 0.5) is 14.5 Å². The zero-order valence-corrected chi connectivity index (χ0v) is 13.9. The molecule has 0 aliphatic heterocycles. The Morgan fingerprint density at radius 2 is 2.12 bits per heavy atom. The molecule has 1 aromatic carbocycles. The molecular weight excluding hydrogens is 356 g/mol. The summed E-state index contributed by atoms with van der Waals surface area (Å²) < 4.78 is 27.6. The highest BCUT2D eigenvalue weighted by molar-refractivity contribution is 7.09. The first kappa shape index (κ1) is 16.6.